The molecule has 0 saturated carbocycles. The molecule has 1 atom stereocenters. The van der Waals surface area contributed by atoms with E-state index in [2.05, 4.69) is 30.3 Å². The van der Waals surface area contributed by atoms with E-state index in [9.17, 15) is 0 Å². The van der Waals surface area contributed by atoms with Gasteiger partial charge in [-0.3, -0.25) is 4.99 Å². The van der Waals surface area contributed by atoms with Gasteiger partial charge >= 0.3 is 0 Å². The molecule has 1 unspecified atom stereocenters. The number of allylic oxidation sites excluding steroid dienone is 1. The standard InChI is InChI=1S/C34H33NO5/c1-36-29-16-14-23(20-31(29)38-3)18-19-35-22-27-33(24-10-6-5-7-11-24)26-12-8-9-13-28(26)40-34(27)25-15-17-30(37-2)32(21-25)39-4/h5-17,20-22,33H,18-19H2,1-4H3. The lowest BCUT2D eigenvalue weighted by molar-refractivity contribution is 0.354. The Morgan fingerprint density at radius 1 is 0.700 bits per heavy atom. The zero-order chi connectivity index (χ0) is 27.9. The average Bonchev–Trinajstić information content (AvgIpc) is 3.02. The Kier molecular flexibility index (Phi) is 8.35. The van der Waals surface area contributed by atoms with E-state index in [1.807, 2.05) is 66.9 Å². The monoisotopic (exact) mass is 535 g/mol. The summed E-state index contributed by atoms with van der Waals surface area (Å²) in [5, 5.41) is 0. The van der Waals surface area contributed by atoms with Crippen LogP contribution in [0.1, 0.15) is 28.2 Å². The van der Waals surface area contributed by atoms with Crippen LogP contribution in [0.25, 0.3) is 5.76 Å². The zero-order valence-electron chi connectivity index (χ0n) is 23.2. The molecule has 0 amide bonds. The molecule has 6 heteroatoms. The molecule has 4 aromatic rings. The van der Waals surface area contributed by atoms with E-state index >= 15 is 0 Å². The first-order valence-electron chi connectivity index (χ1n) is 13.2. The smallest absolute Gasteiger partial charge is 0.161 e. The van der Waals surface area contributed by atoms with Crippen LogP contribution in [0.15, 0.2) is 102 Å². The molecule has 0 spiro atoms. The van der Waals surface area contributed by atoms with Gasteiger partial charge in [-0.25, -0.2) is 0 Å². The minimum absolute atomic E-state index is 0.0564. The summed E-state index contributed by atoms with van der Waals surface area (Å²) in [6.07, 6.45) is 2.71. The van der Waals surface area contributed by atoms with Crippen LogP contribution in [0.2, 0.25) is 0 Å². The van der Waals surface area contributed by atoms with Crippen LogP contribution in [-0.4, -0.2) is 41.2 Å². The Labute approximate surface area is 235 Å². The number of hydrogen-bond donors (Lipinski definition) is 0. The molecular weight excluding hydrogens is 502 g/mol. The molecule has 5 rings (SSSR count). The van der Waals surface area contributed by atoms with Crippen LogP contribution < -0.4 is 23.7 Å². The summed E-state index contributed by atoms with van der Waals surface area (Å²) < 4.78 is 28.5. The second-order valence-corrected chi connectivity index (χ2v) is 9.31. The number of aliphatic imine (C=N–C) groups is 1. The molecule has 0 aromatic heterocycles. The van der Waals surface area contributed by atoms with Gasteiger partial charge in [-0.2, -0.15) is 0 Å². The minimum Gasteiger partial charge on any atom is -0.493 e. The second kappa shape index (κ2) is 12.4. The summed E-state index contributed by atoms with van der Waals surface area (Å²) >= 11 is 0. The molecule has 0 radical (unpaired) electrons. The lowest BCUT2D eigenvalue weighted by Gasteiger charge is -2.30. The van der Waals surface area contributed by atoms with Crippen LogP contribution in [-0.2, 0) is 6.42 Å². The van der Waals surface area contributed by atoms with Gasteiger partial charge in [-0.05, 0) is 53.9 Å². The van der Waals surface area contributed by atoms with Crippen molar-refractivity contribution in [1.82, 2.24) is 0 Å². The van der Waals surface area contributed by atoms with Gasteiger partial charge in [-0.15, -0.1) is 0 Å². The van der Waals surface area contributed by atoms with E-state index in [0.29, 0.717) is 29.5 Å². The fourth-order valence-electron chi connectivity index (χ4n) is 5.01. The fourth-order valence-corrected chi connectivity index (χ4v) is 5.01. The summed E-state index contributed by atoms with van der Waals surface area (Å²) in [6.45, 7) is 0.599. The number of hydrogen-bond acceptors (Lipinski definition) is 6. The lowest BCUT2D eigenvalue weighted by Crippen LogP contribution is -2.17. The largest absolute Gasteiger partial charge is 0.493 e. The molecule has 0 aliphatic carbocycles. The number of ether oxygens (including phenoxy) is 5. The molecule has 40 heavy (non-hydrogen) atoms. The Balaban J connectivity index is 1.56. The first-order chi connectivity index (χ1) is 19.7. The van der Waals surface area contributed by atoms with Crippen molar-refractivity contribution >= 4 is 12.0 Å². The highest BCUT2D eigenvalue weighted by Gasteiger charge is 2.31. The van der Waals surface area contributed by atoms with Gasteiger partial charge in [0.2, 0.25) is 0 Å². The predicted octanol–water partition coefficient (Wildman–Crippen LogP) is 6.97. The summed E-state index contributed by atoms with van der Waals surface area (Å²) in [5.74, 6) is 4.22. The second-order valence-electron chi connectivity index (χ2n) is 9.31. The number of para-hydroxylation sites is 1. The Morgan fingerprint density at radius 2 is 1.35 bits per heavy atom. The van der Waals surface area contributed by atoms with Crippen molar-refractivity contribution in [1.29, 1.82) is 0 Å². The fraction of sp³-hybridized carbons (Fsp3) is 0.206. The quantitative estimate of drug-likeness (QED) is 0.205. The van der Waals surface area contributed by atoms with Gasteiger partial charge in [0, 0.05) is 35.4 Å². The van der Waals surface area contributed by atoms with E-state index in [4.69, 9.17) is 28.7 Å². The maximum absolute atomic E-state index is 6.59. The normalized spacial score (nSPS) is 14.4. The number of nitrogens with zero attached hydrogens (tertiary/aromatic N) is 1. The molecule has 0 N–H and O–H groups in total. The number of fused-ring (bicyclic) bond motifs is 1. The Bertz CT molecular complexity index is 1530. The zero-order valence-corrected chi connectivity index (χ0v) is 23.2. The molecule has 0 saturated heterocycles. The van der Waals surface area contributed by atoms with Crippen LogP contribution in [0.4, 0.5) is 0 Å². The van der Waals surface area contributed by atoms with Gasteiger partial charge in [0.1, 0.15) is 11.5 Å². The molecule has 1 heterocycles. The van der Waals surface area contributed by atoms with Crippen molar-refractivity contribution in [3.63, 3.8) is 0 Å². The van der Waals surface area contributed by atoms with E-state index in [1.165, 1.54) is 0 Å². The van der Waals surface area contributed by atoms with Gasteiger partial charge in [0.05, 0.1) is 28.4 Å². The van der Waals surface area contributed by atoms with E-state index in [0.717, 1.165) is 45.8 Å². The summed E-state index contributed by atoms with van der Waals surface area (Å²) in [6, 6.07) is 30.4. The number of benzene rings is 4. The highest BCUT2D eigenvalue weighted by molar-refractivity contribution is 5.94. The van der Waals surface area contributed by atoms with Crippen molar-refractivity contribution in [3.8, 4) is 28.7 Å². The molecule has 204 valence electrons. The van der Waals surface area contributed by atoms with Crippen molar-refractivity contribution < 1.29 is 23.7 Å². The van der Waals surface area contributed by atoms with E-state index in [-0.39, 0.29) is 5.92 Å². The van der Waals surface area contributed by atoms with Crippen molar-refractivity contribution in [3.05, 3.63) is 119 Å². The van der Waals surface area contributed by atoms with Crippen LogP contribution in [0, 0.1) is 0 Å². The molecular formula is C34H33NO5. The first-order valence-corrected chi connectivity index (χ1v) is 13.2. The molecule has 1 aliphatic heterocycles. The Hall–Kier alpha value is -4.71. The summed E-state index contributed by atoms with van der Waals surface area (Å²) in [7, 11) is 6.55. The lowest BCUT2D eigenvalue weighted by atomic mass is 9.81. The molecule has 0 fully saturated rings. The van der Waals surface area contributed by atoms with Crippen molar-refractivity contribution in [2.24, 2.45) is 4.99 Å². The minimum atomic E-state index is -0.0564. The third kappa shape index (κ3) is 5.52. The number of methoxy groups -OCH3 is 4. The highest BCUT2D eigenvalue weighted by Crippen LogP contribution is 2.46. The van der Waals surface area contributed by atoms with E-state index < -0.39 is 0 Å². The van der Waals surface area contributed by atoms with Crippen molar-refractivity contribution in [2.75, 3.05) is 35.0 Å². The van der Waals surface area contributed by atoms with Crippen LogP contribution in [0.3, 0.4) is 0 Å². The molecule has 6 nitrogen and oxygen atoms in total. The van der Waals surface area contributed by atoms with Gasteiger partial charge in [-0.1, -0.05) is 54.6 Å². The molecule has 0 bridgehead atoms. The van der Waals surface area contributed by atoms with Crippen molar-refractivity contribution in [2.45, 2.75) is 12.3 Å². The Morgan fingerprint density at radius 3 is 2.08 bits per heavy atom. The third-order valence-corrected chi connectivity index (χ3v) is 7.00. The maximum Gasteiger partial charge on any atom is 0.161 e. The average molecular weight is 536 g/mol. The summed E-state index contributed by atoms with van der Waals surface area (Å²) in [4.78, 5) is 4.90. The van der Waals surface area contributed by atoms with Crippen LogP contribution in [0.5, 0.6) is 28.7 Å². The van der Waals surface area contributed by atoms with E-state index in [1.54, 1.807) is 28.4 Å². The molecule has 1 aliphatic rings. The third-order valence-electron chi connectivity index (χ3n) is 7.00. The van der Waals surface area contributed by atoms with Gasteiger partial charge < -0.3 is 23.7 Å². The number of rotatable bonds is 10. The maximum atomic E-state index is 6.59. The molecule has 4 aromatic carbocycles. The van der Waals surface area contributed by atoms with Crippen LogP contribution >= 0.6 is 0 Å². The predicted molar refractivity (Wildman–Crippen MR) is 158 cm³/mol. The SMILES string of the molecule is COc1ccc(CCN=CC2=C(c3ccc(OC)c(OC)c3)Oc3ccccc3C2c2ccccc2)cc1OC. The topological polar surface area (TPSA) is 58.5 Å². The summed E-state index contributed by atoms with van der Waals surface area (Å²) in [5.41, 5.74) is 5.24. The van der Waals surface area contributed by atoms with Gasteiger partial charge in [0.25, 0.3) is 0 Å². The highest BCUT2D eigenvalue weighted by atomic mass is 16.5. The first kappa shape index (κ1) is 26.9. The van der Waals surface area contributed by atoms with Gasteiger partial charge in [0.15, 0.2) is 23.0 Å².